The molecule has 1 saturated heterocycles. The average molecular weight is 197 g/mol. The van der Waals surface area contributed by atoms with Gasteiger partial charge in [0.05, 0.1) is 0 Å². The van der Waals surface area contributed by atoms with Crippen LogP contribution in [-0.4, -0.2) is 36.1 Å². The van der Waals surface area contributed by atoms with Crippen molar-refractivity contribution in [3.8, 4) is 0 Å². The summed E-state index contributed by atoms with van der Waals surface area (Å²) in [5, 5.41) is 3.07. The predicted molar refractivity (Wildman–Crippen MR) is 55.0 cm³/mol. The van der Waals surface area contributed by atoms with Gasteiger partial charge in [-0.3, -0.25) is 0 Å². The second kappa shape index (κ2) is 4.17. The molecule has 0 bridgehead atoms. The maximum Gasteiger partial charge on any atom is 0.317 e. The molecule has 14 heavy (non-hydrogen) atoms. The first-order valence-electron chi connectivity index (χ1n) is 5.57. The molecule has 1 unspecified atom stereocenters. The first-order chi connectivity index (χ1) is 6.75. The minimum absolute atomic E-state index is 0.0878. The molecule has 80 valence electrons. The molecule has 1 heterocycles. The van der Waals surface area contributed by atoms with Crippen LogP contribution in [-0.2, 0) is 0 Å². The van der Waals surface area contributed by atoms with Crippen molar-refractivity contribution in [2.45, 2.75) is 44.2 Å². The predicted octanol–water partition coefficient (Wildman–Crippen LogP) is 0.672. The summed E-state index contributed by atoms with van der Waals surface area (Å²) in [5.74, 6) is 0. The lowest BCUT2D eigenvalue weighted by molar-refractivity contribution is 0.204. The Balaban J connectivity index is 1.77. The van der Waals surface area contributed by atoms with Crippen LogP contribution in [0.1, 0.15) is 32.1 Å². The Hall–Kier alpha value is -0.770. The summed E-state index contributed by atoms with van der Waals surface area (Å²) in [6.07, 6.45) is 5.74. The van der Waals surface area contributed by atoms with Crippen LogP contribution in [0.15, 0.2) is 0 Å². The van der Waals surface area contributed by atoms with Gasteiger partial charge in [-0.2, -0.15) is 0 Å². The van der Waals surface area contributed by atoms with E-state index < -0.39 is 0 Å². The zero-order valence-corrected chi connectivity index (χ0v) is 8.54. The average Bonchev–Trinajstić information content (AvgIpc) is 2.75. The normalized spacial score (nSPS) is 28.4. The van der Waals surface area contributed by atoms with Crippen molar-refractivity contribution in [2.75, 3.05) is 13.1 Å². The monoisotopic (exact) mass is 197 g/mol. The van der Waals surface area contributed by atoms with E-state index in [-0.39, 0.29) is 12.1 Å². The number of rotatable bonds is 1. The third-order valence-corrected chi connectivity index (χ3v) is 3.19. The van der Waals surface area contributed by atoms with Crippen molar-refractivity contribution in [1.29, 1.82) is 0 Å². The number of carbonyl (C=O) groups is 1. The maximum absolute atomic E-state index is 11.7. The molecule has 3 N–H and O–H groups in total. The summed E-state index contributed by atoms with van der Waals surface area (Å²) in [6.45, 7) is 1.54. The molecule has 4 nitrogen and oxygen atoms in total. The van der Waals surface area contributed by atoms with Crippen LogP contribution in [0.5, 0.6) is 0 Å². The zero-order valence-electron chi connectivity index (χ0n) is 8.54. The number of urea groups is 1. The van der Waals surface area contributed by atoms with Crippen LogP contribution < -0.4 is 11.1 Å². The summed E-state index contributed by atoms with van der Waals surface area (Å²) in [7, 11) is 0. The van der Waals surface area contributed by atoms with E-state index in [0.717, 1.165) is 32.4 Å². The fourth-order valence-electron chi connectivity index (χ4n) is 2.31. The number of nitrogens with one attached hydrogen (secondary N) is 1. The van der Waals surface area contributed by atoms with Crippen molar-refractivity contribution in [2.24, 2.45) is 5.73 Å². The summed E-state index contributed by atoms with van der Waals surface area (Å²) in [6, 6.07) is 0.688. The lowest BCUT2D eigenvalue weighted by Gasteiger charge is -2.20. The number of nitrogens with two attached hydrogens (primary N) is 1. The van der Waals surface area contributed by atoms with Crippen molar-refractivity contribution in [3.05, 3.63) is 0 Å². The quantitative estimate of drug-likeness (QED) is 0.649. The molecule has 1 saturated carbocycles. The van der Waals surface area contributed by atoms with Gasteiger partial charge in [0.25, 0.3) is 0 Å². The standard InChI is InChI=1S/C10H19N3O/c11-8-5-6-13(7-8)10(14)12-9-3-1-2-4-9/h8-9H,1-7,11H2,(H,12,14). The molecular formula is C10H19N3O. The smallest absolute Gasteiger partial charge is 0.317 e. The maximum atomic E-state index is 11.7. The molecule has 1 aliphatic heterocycles. The van der Waals surface area contributed by atoms with E-state index in [1.54, 1.807) is 0 Å². The van der Waals surface area contributed by atoms with Crippen molar-refractivity contribution < 1.29 is 4.79 Å². The van der Waals surface area contributed by atoms with E-state index >= 15 is 0 Å². The Bertz CT molecular complexity index is 213. The van der Waals surface area contributed by atoms with E-state index in [9.17, 15) is 4.79 Å². The van der Waals surface area contributed by atoms with E-state index in [1.165, 1.54) is 12.8 Å². The van der Waals surface area contributed by atoms with Gasteiger partial charge in [-0.05, 0) is 19.3 Å². The molecule has 2 fully saturated rings. The van der Waals surface area contributed by atoms with Crippen LogP contribution in [0.25, 0.3) is 0 Å². The molecule has 2 amide bonds. The Morgan fingerprint density at radius 2 is 2.00 bits per heavy atom. The van der Waals surface area contributed by atoms with Crippen molar-refractivity contribution in [3.63, 3.8) is 0 Å². The number of likely N-dealkylation sites (tertiary alicyclic amines) is 1. The van der Waals surface area contributed by atoms with Gasteiger partial charge in [0.2, 0.25) is 0 Å². The van der Waals surface area contributed by atoms with Crippen LogP contribution >= 0.6 is 0 Å². The molecule has 1 aliphatic carbocycles. The molecule has 2 rings (SSSR count). The third kappa shape index (κ3) is 2.18. The van der Waals surface area contributed by atoms with E-state index in [1.807, 2.05) is 4.90 Å². The first-order valence-corrected chi connectivity index (χ1v) is 5.57. The highest BCUT2D eigenvalue weighted by atomic mass is 16.2. The van der Waals surface area contributed by atoms with Crippen LogP contribution in [0.2, 0.25) is 0 Å². The number of amides is 2. The Morgan fingerprint density at radius 3 is 2.57 bits per heavy atom. The molecule has 0 radical (unpaired) electrons. The molecule has 4 heteroatoms. The van der Waals surface area contributed by atoms with Gasteiger partial charge >= 0.3 is 6.03 Å². The molecule has 2 aliphatic rings. The molecule has 0 spiro atoms. The summed E-state index contributed by atoms with van der Waals surface area (Å²) in [5.41, 5.74) is 5.75. The fourth-order valence-corrected chi connectivity index (χ4v) is 2.31. The number of carbonyl (C=O) groups excluding carboxylic acids is 1. The van der Waals surface area contributed by atoms with Crippen molar-refractivity contribution in [1.82, 2.24) is 10.2 Å². The molecule has 0 aromatic heterocycles. The Kier molecular flexibility index (Phi) is 2.91. The van der Waals surface area contributed by atoms with Gasteiger partial charge in [-0.15, -0.1) is 0 Å². The second-order valence-electron chi connectivity index (χ2n) is 4.43. The number of hydrogen-bond donors (Lipinski definition) is 2. The molecular weight excluding hydrogens is 178 g/mol. The van der Waals surface area contributed by atoms with Gasteiger partial charge in [-0.25, -0.2) is 4.79 Å². The summed E-state index contributed by atoms with van der Waals surface area (Å²) in [4.78, 5) is 13.5. The molecule has 1 atom stereocenters. The van der Waals surface area contributed by atoms with Gasteiger partial charge in [0, 0.05) is 25.2 Å². The Morgan fingerprint density at radius 1 is 1.29 bits per heavy atom. The zero-order chi connectivity index (χ0) is 9.97. The lowest BCUT2D eigenvalue weighted by atomic mass is 10.2. The minimum Gasteiger partial charge on any atom is -0.335 e. The summed E-state index contributed by atoms with van der Waals surface area (Å²) >= 11 is 0. The minimum atomic E-state index is 0.0878. The van der Waals surface area contributed by atoms with Gasteiger partial charge in [0.1, 0.15) is 0 Å². The highest BCUT2D eigenvalue weighted by Gasteiger charge is 2.25. The fraction of sp³-hybridized carbons (Fsp3) is 0.900. The summed E-state index contributed by atoms with van der Waals surface area (Å²) < 4.78 is 0. The van der Waals surface area contributed by atoms with E-state index in [2.05, 4.69) is 5.32 Å². The number of hydrogen-bond acceptors (Lipinski definition) is 2. The second-order valence-corrected chi connectivity index (χ2v) is 4.43. The van der Waals surface area contributed by atoms with Gasteiger partial charge in [-0.1, -0.05) is 12.8 Å². The highest BCUT2D eigenvalue weighted by Crippen LogP contribution is 2.18. The lowest BCUT2D eigenvalue weighted by Crippen LogP contribution is -2.43. The molecule has 0 aromatic rings. The van der Waals surface area contributed by atoms with E-state index in [4.69, 9.17) is 5.73 Å². The first kappa shape index (κ1) is 9.77. The molecule has 0 aromatic carbocycles. The highest BCUT2D eigenvalue weighted by molar-refractivity contribution is 5.74. The van der Waals surface area contributed by atoms with Gasteiger partial charge in [0.15, 0.2) is 0 Å². The van der Waals surface area contributed by atoms with E-state index in [0.29, 0.717) is 6.04 Å². The Labute approximate surface area is 84.8 Å². The van der Waals surface area contributed by atoms with Crippen LogP contribution in [0.4, 0.5) is 4.79 Å². The van der Waals surface area contributed by atoms with Gasteiger partial charge < -0.3 is 16.0 Å². The van der Waals surface area contributed by atoms with Crippen molar-refractivity contribution >= 4 is 6.03 Å². The SMILES string of the molecule is NC1CCN(C(=O)NC2CCCC2)C1. The number of nitrogens with zero attached hydrogens (tertiary/aromatic N) is 1. The largest absolute Gasteiger partial charge is 0.335 e. The third-order valence-electron chi connectivity index (χ3n) is 3.19. The topological polar surface area (TPSA) is 58.4 Å². The van der Waals surface area contributed by atoms with Crippen LogP contribution in [0.3, 0.4) is 0 Å². The van der Waals surface area contributed by atoms with Crippen LogP contribution in [0, 0.1) is 0 Å².